The van der Waals surface area contributed by atoms with E-state index in [1.165, 1.54) is 6.07 Å². The summed E-state index contributed by atoms with van der Waals surface area (Å²) in [6.07, 6.45) is 3.28. The molecule has 0 aliphatic carbocycles. The van der Waals surface area contributed by atoms with Crippen molar-refractivity contribution < 1.29 is 9.53 Å². The van der Waals surface area contributed by atoms with Crippen LogP contribution in [0, 0.1) is 6.92 Å². The van der Waals surface area contributed by atoms with Crippen molar-refractivity contribution in [3.8, 4) is 0 Å². The molecule has 0 bridgehead atoms. The number of anilines is 1. The van der Waals surface area contributed by atoms with E-state index in [0.29, 0.717) is 23.8 Å². The third-order valence-corrected chi connectivity index (χ3v) is 4.10. The van der Waals surface area contributed by atoms with E-state index in [2.05, 4.69) is 17.2 Å². The highest BCUT2D eigenvalue weighted by atomic mass is 16.6. The maximum absolute atomic E-state index is 12.6. The van der Waals surface area contributed by atoms with E-state index in [4.69, 9.17) is 4.74 Å². The lowest BCUT2D eigenvalue weighted by Crippen LogP contribution is -2.26. The summed E-state index contributed by atoms with van der Waals surface area (Å²) < 4.78 is 7.04. The fourth-order valence-corrected chi connectivity index (χ4v) is 2.80. The number of aryl methyl sites for hydroxylation is 1. The first-order valence-corrected chi connectivity index (χ1v) is 9.84. The average molecular weight is 386 g/mol. The van der Waals surface area contributed by atoms with Gasteiger partial charge in [-0.1, -0.05) is 31.9 Å². The number of aromatic nitrogens is 2. The van der Waals surface area contributed by atoms with Crippen molar-refractivity contribution >= 4 is 11.9 Å². The van der Waals surface area contributed by atoms with Crippen molar-refractivity contribution in [3.05, 3.63) is 57.5 Å². The fraction of sp³-hybridized carbons (Fsp3) is 0.500. The smallest absolute Gasteiger partial charge is 0.338 e. The third-order valence-electron chi connectivity index (χ3n) is 4.10. The van der Waals surface area contributed by atoms with Crippen LogP contribution in [-0.2, 0) is 11.3 Å². The SMILES string of the molecule is CCCCCNc1nc(C)cc(=O)n1Cc1cccc(C(=O)OC(C)(C)C)c1. The monoisotopic (exact) mass is 385 g/mol. The number of nitrogens with zero attached hydrogens (tertiary/aromatic N) is 2. The van der Waals surface area contributed by atoms with E-state index in [1.807, 2.05) is 33.8 Å². The number of carbonyl (C=O) groups excluding carboxylic acids is 1. The van der Waals surface area contributed by atoms with Crippen LogP contribution in [0.4, 0.5) is 5.95 Å². The molecule has 1 aromatic heterocycles. The number of benzene rings is 1. The minimum atomic E-state index is -0.555. The molecule has 0 spiro atoms. The lowest BCUT2D eigenvalue weighted by molar-refractivity contribution is 0.00694. The van der Waals surface area contributed by atoms with Gasteiger partial charge in [0.2, 0.25) is 5.95 Å². The van der Waals surface area contributed by atoms with E-state index >= 15 is 0 Å². The molecular formula is C22H31N3O3. The van der Waals surface area contributed by atoms with Crippen molar-refractivity contribution in [1.29, 1.82) is 0 Å². The first-order valence-electron chi connectivity index (χ1n) is 9.84. The number of nitrogens with one attached hydrogen (secondary N) is 1. The highest BCUT2D eigenvalue weighted by Crippen LogP contribution is 2.15. The van der Waals surface area contributed by atoms with Gasteiger partial charge in [0, 0.05) is 18.3 Å². The summed E-state index contributed by atoms with van der Waals surface area (Å²) in [5, 5.41) is 3.28. The van der Waals surface area contributed by atoms with Crippen LogP contribution >= 0.6 is 0 Å². The van der Waals surface area contributed by atoms with Gasteiger partial charge in [-0.15, -0.1) is 0 Å². The summed E-state index contributed by atoms with van der Waals surface area (Å²) in [7, 11) is 0. The van der Waals surface area contributed by atoms with Crippen LogP contribution in [0.2, 0.25) is 0 Å². The Morgan fingerprint density at radius 2 is 1.96 bits per heavy atom. The summed E-state index contributed by atoms with van der Waals surface area (Å²) in [4.78, 5) is 29.4. The van der Waals surface area contributed by atoms with Crippen molar-refractivity contribution in [2.45, 2.75) is 66.0 Å². The first-order chi connectivity index (χ1) is 13.2. The largest absolute Gasteiger partial charge is 0.456 e. The van der Waals surface area contributed by atoms with Crippen LogP contribution in [0.25, 0.3) is 0 Å². The predicted molar refractivity (Wildman–Crippen MR) is 112 cm³/mol. The Kier molecular flexibility index (Phi) is 7.38. The molecule has 0 saturated heterocycles. The van der Waals surface area contributed by atoms with E-state index < -0.39 is 5.60 Å². The molecule has 6 heteroatoms. The standard InChI is InChI=1S/C22H31N3O3/c1-6-7-8-12-23-21-24-16(2)13-19(26)25(21)15-17-10-9-11-18(14-17)20(27)28-22(3,4)5/h9-11,13-14H,6-8,12,15H2,1-5H3,(H,23,24). The fourth-order valence-electron chi connectivity index (χ4n) is 2.80. The van der Waals surface area contributed by atoms with E-state index in [-0.39, 0.29) is 11.5 Å². The van der Waals surface area contributed by atoms with Gasteiger partial charge in [0.15, 0.2) is 0 Å². The molecule has 28 heavy (non-hydrogen) atoms. The summed E-state index contributed by atoms with van der Waals surface area (Å²) >= 11 is 0. The second-order valence-electron chi connectivity index (χ2n) is 7.98. The molecule has 0 saturated carbocycles. The number of hydrogen-bond acceptors (Lipinski definition) is 5. The van der Waals surface area contributed by atoms with Gasteiger partial charge >= 0.3 is 5.97 Å². The molecule has 1 heterocycles. The molecule has 0 atom stereocenters. The maximum atomic E-state index is 12.6. The molecule has 0 radical (unpaired) electrons. The van der Waals surface area contributed by atoms with Gasteiger partial charge in [-0.2, -0.15) is 0 Å². The van der Waals surface area contributed by atoms with E-state index in [0.717, 1.165) is 31.4 Å². The molecule has 1 N–H and O–H groups in total. The van der Waals surface area contributed by atoms with Gasteiger partial charge in [-0.3, -0.25) is 9.36 Å². The van der Waals surface area contributed by atoms with Crippen LogP contribution in [-0.4, -0.2) is 27.7 Å². The number of ether oxygens (including phenoxy) is 1. The quantitative estimate of drug-likeness (QED) is 0.546. The molecule has 1 aromatic carbocycles. The zero-order chi connectivity index (χ0) is 20.7. The van der Waals surface area contributed by atoms with Crippen molar-refractivity contribution in [2.75, 3.05) is 11.9 Å². The Morgan fingerprint density at radius 1 is 1.21 bits per heavy atom. The zero-order valence-electron chi connectivity index (χ0n) is 17.5. The topological polar surface area (TPSA) is 73.2 Å². The van der Waals surface area contributed by atoms with Crippen molar-refractivity contribution in [3.63, 3.8) is 0 Å². The van der Waals surface area contributed by atoms with Crippen LogP contribution in [0.5, 0.6) is 0 Å². The summed E-state index contributed by atoms with van der Waals surface area (Å²) in [5.74, 6) is 0.186. The summed E-state index contributed by atoms with van der Waals surface area (Å²) in [5.41, 5.74) is 1.32. The molecular weight excluding hydrogens is 354 g/mol. The third kappa shape index (κ3) is 6.51. The normalized spacial score (nSPS) is 11.3. The number of hydrogen-bond donors (Lipinski definition) is 1. The molecule has 6 nitrogen and oxygen atoms in total. The van der Waals surface area contributed by atoms with Gasteiger partial charge in [0.1, 0.15) is 5.60 Å². The second-order valence-corrected chi connectivity index (χ2v) is 7.98. The van der Waals surface area contributed by atoms with Gasteiger partial charge < -0.3 is 10.1 Å². The number of rotatable bonds is 8. The minimum Gasteiger partial charge on any atom is -0.456 e. The zero-order valence-corrected chi connectivity index (χ0v) is 17.5. The van der Waals surface area contributed by atoms with E-state index in [1.54, 1.807) is 22.8 Å². The van der Waals surface area contributed by atoms with E-state index in [9.17, 15) is 9.59 Å². The van der Waals surface area contributed by atoms with Crippen LogP contribution in [0.15, 0.2) is 35.1 Å². The van der Waals surface area contributed by atoms with Gasteiger partial charge in [-0.25, -0.2) is 9.78 Å². The molecule has 0 fully saturated rings. The molecule has 0 aliphatic heterocycles. The number of carbonyl (C=O) groups is 1. The predicted octanol–water partition coefficient (Wildman–Crippen LogP) is 4.16. The van der Waals surface area contributed by atoms with Gasteiger partial charge in [-0.05, 0) is 51.8 Å². The van der Waals surface area contributed by atoms with Crippen LogP contribution in [0.1, 0.15) is 68.6 Å². The Balaban J connectivity index is 2.24. The highest BCUT2D eigenvalue weighted by Gasteiger charge is 2.18. The number of esters is 1. The average Bonchev–Trinajstić information content (AvgIpc) is 2.60. The van der Waals surface area contributed by atoms with Crippen LogP contribution in [0.3, 0.4) is 0 Å². The molecule has 0 amide bonds. The lowest BCUT2D eigenvalue weighted by atomic mass is 10.1. The second kappa shape index (κ2) is 9.53. The Hall–Kier alpha value is -2.63. The molecule has 2 rings (SSSR count). The molecule has 0 aliphatic rings. The Bertz CT molecular complexity index is 866. The molecule has 0 unspecified atom stereocenters. The van der Waals surface area contributed by atoms with Gasteiger partial charge in [0.25, 0.3) is 5.56 Å². The maximum Gasteiger partial charge on any atom is 0.338 e. The first kappa shape index (κ1) is 21.7. The minimum absolute atomic E-state index is 0.117. The van der Waals surface area contributed by atoms with Crippen molar-refractivity contribution in [1.82, 2.24) is 9.55 Å². The Labute approximate surface area is 167 Å². The summed E-state index contributed by atoms with van der Waals surface area (Å²) in [6.45, 7) is 10.6. The van der Waals surface area contributed by atoms with Crippen LogP contribution < -0.4 is 10.9 Å². The lowest BCUT2D eigenvalue weighted by Gasteiger charge is -2.19. The molecule has 152 valence electrons. The summed E-state index contributed by atoms with van der Waals surface area (Å²) in [6, 6.07) is 8.70. The molecule has 2 aromatic rings. The van der Waals surface area contributed by atoms with Gasteiger partial charge in [0.05, 0.1) is 12.1 Å². The Morgan fingerprint density at radius 3 is 2.64 bits per heavy atom. The highest BCUT2D eigenvalue weighted by molar-refractivity contribution is 5.89. The van der Waals surface area contributed by atoms with Crippen molar-refractivity contribution in [2.24, 2.45) is 0 Å². The number of unbranched alkanes of at least 4 members (excludes halogenated alkanes) is 2.